The number of likely N-dealkylation sites (tertiary alicyclic amines) is 1. The summed E-state index contributed by atoms with van der Waals surface area (Å²) in [5, 5.41) is 2.04. The molecule has 2 aromatic rings. The first-order valence-electron chi connectivity index (χ1n) is 8.32. The Balaban J connectivity index is 1.70. The third-order valence-corrected chi connectivity index (χ3v) is 5.14. The summed E-state index contributed by atoms with van der Waals surface area (Å²) in [6, 6.07) is 7.83. The number of thiophene rings is 1. The van der Waals surface area contributed by atoms with Gasteiger partial charge < -0.3 is 14.2 Å². The lowest BCUT2D eigenvalue weighted by Crippen LogP contribution is -2.43. The molecule has 0 aromatic carbocycles. The van der Waals surface area contributed by atoms with Gasteiger partial charge in [0.2, 0.25) is 0 Å². The fraction of sp³-hybridized carbons (Fsp3) is 0.444. The van der Waals surface area contributed by atoms with E-state index < -0.39 is 0 Å². The van der Waals surface area contributed by atoms with Crippen LogP contribution in [0.1, 0.15) is 35.1 Å². The Labute approximate surface area is 145 Å². The van der Waals surface area contributed by atoms with Crippen LogP contribution < -0.4 is 0 Å². The van der Waals surface area contributed by atoms with Crippen LogP contribution >= 0.6 is 11.3 Å². The average Bonchev–Trinajstić information content (AvgIpc) is 3.27. The smallest absolute Gasteiger partial charge is 0.310 e. The van der Waals surface area contributed by atoms with E-state index in [0.29, 0.717) is 31.9 Å². The number of carbonyl (C=O) groups excluding carboxylic acids is 2. The summed E-state index contributed by atoms with van der Waals surface area (Å²) in [4.78, 5) is 27.9. The fourth-order valence-electron chi connectivity index (χ4n) is 3.09. The second-order valence-corrected chi connectivity index (χ2v) is 6.98. The van der Waals surface area contributed by atoms with Crippen LogP contribution in [0.25, 0.3) is 0 Å². The Morgan fingerprint density at radius 3 is 2.96 bits per heavy atom. The molecule has 0 aliphatic carbocycles. The van der Waals surface area contributed by atoms with E-state index >= 15 is 0 Å². The van der Waals surface area contributed by atoms with E-state index in [-0.39, 0.29) is 17.8 Å². The van der Waals surface area contributed by atoms with Gasteiger partial charge in [0.15, 0.2) is 0 Å². The van der Waals surface area contributed by atoms with Gasteiger partial charge in [0.25, 0.3) is 5.91 Å². The number of hydrogen-bond acceptors (Lipinski definition) is 4. The number of nitrogens with zero attached hydrogens (tertiary/aromatic N) is 2. The van der Waals surface area contributed by atoms with Crippen LogP contribution in [0.4, 0.5) is 0 Å². The van der Waals surface area contributed by atoms with Gasteiger partial charge in [-0.05, 0) is 43.3 Å². The van der Waals surface area contributed by atoms with E-state index in [1.54, 1.807) is 23.2 Å². The topological polar surface area (TPSA) is 51.5 Å². The van der Waals surface area contributed by atoms with E-state index in [9.17, 15) is 9.59 Å². The van der Waals surface area contributed by atoms with E-state index in [2.05, 4.69) is 6.07 Å². The second kappa shape index (κ2) is 7.66. The summed E-state index contributed by atoms with van der Waals surface area (Å²) in [5.74, 6) is -0.405. The highest BCUT2D eigenvalue weighted by Crippen LogP contribution is 2.21. The SMILES string of the molecule is CCOC(=O)[C@H]1CCCN(C(=O)c2cccn2Cc2cccs2)C1. The van der Waals surface area contributed by atoms with Crippen LogP contribution in [0, 0.1) is 5.92 Å². The third-order valence-electron chi connectivity index (χ3n) is 4.28. The molecule has 128 valence electrons. The molecule has 1 fully saturated rings. The molecule has 0 unspecified atom stereocenters. The fourth-order valence-corrected chi connectivity index (χ4v) is 3.80. The molecule has 0 radical (unpaired) electrons. The Hall–Kier alpha value is -2.08. The highest BCUT2D eigenvalue weighted by Gasteiger charge is 2.30. The Kier molecular flexibility index (Phi) is 5.35. The molecular formula is C18H22N2O3S. The van der Waals surface area contributed by atoms with Gasteiger partial charge in [-0.3, -0.25) is 9.59 Å². The van der Waals surface area contributed by atoms with E-state index in [0.717, 1.165) is 12.8 Å². The number of hydrogen-bond donors (Lipinski definition) is 0. The second-order valence-electron chi connectivity index (χ2n) is 5.94. The zero-order valence-corrected chi connectivity index (χ0v) is 14.6. The molecule has 5 nitrogen and oxygen atoms in total. The Morgan fingerprint density at radius 2 is 2.21 bits per heavy atom. The number of piperidine rings is 1. The lowest BCUT2D eigenvalue weighted by molar-refractivity contribution is -0.149. The number of rotatable bonds is 5. The maximum absolute atomic E-state index is 12.9. The number of carbonyl (C=O) groups is 2. The molecule has 3 rings (SSSR count). The summed E-state index contributed by atoms with van der Waals surface area (Å²) in [6.45, 7) is 4.02. The number of esters is 1. The van der Waals surface area contributed by atoms with Crippen LogP contribution in [-0.2, 0) is 16.1 Å². The van der Waals surface area contributed by atoms with Crippen molar-refractivity contribution < 1.29 is 14.3 Å². The minimum Gasteiger partial charge on any atom is -0.466 e. The highest BCUT2D eigenvalue weighted by atomic mass is 32.1. The van der Waals surface area contributed by atoms with Crippen molar-refractivity contribution >= 4 is 23.2 Å². The van der Waals surface area contributed by atoms with Crippen molar-refractivity contribution in [3.8, 4) is 0 Å². The molecule has 1 aliphatic heterocycles. The monoisotopic (exact) mass is 346 g/mol. The molecule has 1 aliphatic rings. The molecule has 2 aromatic heterocycles. The molecule has 0 N–H and O–H groups in total. The Bertz CT molecular complexity index is 693. The van der Waals surface area contributed by atoms with Gasteiger partial charge in [-0.25, -0.2) is 0 Å². The largest absolute Gasteiger partial charge is 0.466 e. The number of ether oxygens (including phenoxy) is 1. The minimum atomic E-state index is -0.205. The summed E-state index contributed by atoms with van der Waals surface area (Å²) in [7, 11) is 0. The van der Waals surface area contributed by atoms with Crippen LogP contribution in [-0.4, -0.2) is 41.0 Å². The zero-order chi connectivity index (χ0) is 16.9. The molecule has 1 saturated heterocycles. The van der Waals surface area contributed by atoms with Crippen molar-refractivity contribution in [1.82, 2.24) is 9.47 Å². The van der Waals surface area contributed by atoms with E-state index in [4.69, 9.17) is 4.74 Å². The molecule has 1 amide bonds. The van der Waals surface area contributed by atoms with Crippen molar-refractivity contribution in [2.45, 2.75) is 26.3 Å². The van der Waals surface area contributed by atoms with E-state index in [1.165, 1.54) is 4.88 Å². The van der Waals surface area contributed by atoms with Crippen molar-refractivity contribution in [2.24, 2.45) is 5.92 Å². The molecule has 1 atom stereocenters. The van der Waals surface area contributed by atoms with Gasteiger partial charge >= 0.3 is 5.97 Å². The predicted octanol–water partition coefficient (Wildman–Crippen LogP) is 3.01. The van der Waals surface area contributed by atoms with Crippen LogP contribution in [0.5, 0.6) is 0 Å². The lowest BCUT2D eigenvalue weighted by atomic mass is 9.98. The highest BCUT2D eigenvalue weighted by molar-refractivity contribution is 7.09. The Morgan fingerprint density at radius 1 is 1.33 bits per heavy atom. The van der Waals surface area contributed by atoms with Crippen molar-refractivity contribution in [1.29, 1.82) is 0 Å². The quantitative estimate of drug-likeness (QED) is 0.782. The van der Waals surface area contributed by atoms with Crippen LogP contribution in [0.15, 0.2) is 35.8 Å². The standard InChI is InChI=1S/C18H22N2O3S/c1-2-23-18(22)14-6-3-10-20(12-14)17(21)16-8-4-9-19(16)13-15-7-5-11-24-15/h4-5,7-9,11,14H,2-3,6,10,12-13H2,1H3/t14-/m0/s1. The van der Waals surface area contributed by atoms with Crippen molar-refractivity contribution in [2.75, 3.05) is 19.7 Å². The molecule has 6 heteroatoms. The minimum absolute atomic E-state index is 0.00875. The van der Waals surface area contributed by atoms with Gasteiger partial charge in [-0.1, -0.05) is 6.07 Å². The summed E-state index contributed by atoms with van der Waals surface area (Å²) < 4.78 is 7.09. The number of amides is 1. The molecular weight excluding hydrogens is 324 g/mol. The van der Waals surface area contributed by atoms with Crippen molar-refractivity contribution in [3.05, 3.63) is 46.4 Å². The van der Waals surface area contributed by atoms with E-state index in [1.807, 2.05) is 34.3 Å². The first kappa shape index (κ1) is 16.8. The van der Waals surface area contributed by atoms with Gasteiger partial charge in [0, 0.05) is 24.2 Å². The van der Waals surface area contributed by atoms with Crippen LogP contribution in [0.3, 0.4) is 0 Å². The van der Waals surface area contributed by atoms with Crippen molar-refractivity contribution in [3.63, 3.8) is 0 Å². The van der Waals surface area contributed by atoms with Gasteiger partial charge in [0.1, 0.15) is 5.69 Å². The van der Waals surface area contributed by atoms with Crippen LogP contribution in [0.2, 0.25) is 0 Å². The summed E-state index contributed by atoms with van der Waals surface area (Å²) >= 11 is 1.68. The first-order chi connectivity index (χ1) is 11.7. The first-order valence-corrected chi connectivity index (χ1v) is 9.20. The third kappa shape index (κ3) is 3.70. The maximum atomic E-state index is 12.9. The molecule has 0 saturated carbocycles. The molecule has 24 heavy (non-hydrogen) atoms. The molecule has 0 bridgehead atoms. The zero-order valence-electron chi connectivity index (χ0n) is 13.8. The maximum Gasteiger partial charge on any atom is 0.310 e. The summed E-state index contributed by atoms with van der Waals surface area (Å²) in [5.41, 5.74) is 0.674. The van der Waals surface area contributed by atoms with Gasteiger partial charge in [-0.15, -0.1) is 11.3 Å². The normalized spacial score (nSPS) is 17.7. The predicted molar refractivity (Wildman–Crippen MR) is 93.1 cm³/mol. The van der Waals surface area contributed by atoms with Gasteiger partial charge in [0.05, 0.1) is 19.1 Å². The lowest BCUT2D eigenvalue weighted by Gasteiger charge is -2.31. The summed E-state index contributed by atoms with van der Waals surface area (Å²) in [6.07, 6.45) is 3.55. The number of aromatic nitrogens is 1. The van der Waals surface area contributed by atoms with Gasteiger partial charge in [-0.2, -0.15) is 0 Å². The average molecular weight is 346 g/mol. The molecule has 3 heterocycles. The molecule has 0 spiro atoms.